The summed E-state index contributed by atoms with van der Waals surface area (Å²) >= 11 is 0. The van der Waals surface area contributed by atoms with Crippen LogP contribution in [0.3, 0.4) is 0 Å². The van der Waals surface area contributed by atoms with Crippen molar-refractivity contribution >= 4 is 15.9 Å². The van der Waals surface area contributed by atoms with Crippen molar-refractivity contribution in [2.45, 2.75) is 38.2 Å². The normalized spacial score (nSPS) is 18.0. The van der Waals surface area contributed by atoms with Gasteiger partial charge in [-0.2, -0.15) is 0 Å². The molecule has 1 amide bonds. The predicted molar refractivity (Wildman–Crippen MR) is 78.4 cm³/mol. The second-order valence-electron chi connectivity index (χ2n) is 6.40. The van der Waals surface area contributed by atoms with Crippen LogP contribution in [0.5, 0.6) is 5.75 Å². The fourth-order valence-corrected chi connectivity index (χ4v) is 2.58. The first-order chi connectivity index (χ1) is 9.56. The smallest absolute Gasteiger partial charge is 0.261 e. The number of ether oxygens (including phenoxy) is 1. The zero-order valence-corrected chi connectivity index (χ0v) is 13.2. The first kappa shape index (κ1) is 15.8. The Morgan fingerprint density at radius 3 is 2.67 bits per heavy atom. The van der Waals surface area contributed by atoms with E-state index in [1.807, 2.05) is 20.8 Å². The summed E-state index contributed by atoms with van der Waals surface area (Å²) in [5.74, 6) is 0.330. The summed E-state index contributed by atoms with van der Waals surface area (Å²) in [5, 5.41) is 7.93. The van der Waals surface area contributed by atoms with E-state index in [-0.39, 0.29) is 16.2 Å². The fourth-order valence-electron chi connectivity index (χ4n) is 2.01. The lowest BCUT2D eigenvalue weighted by Gasteiger charge is -2.20. The first-order valence-corrected chi connectivity index (χ1v) is 8.21. The predicted octanol–water partition coefficient (Wildman–Crippen LogP) is 0.800. The molecule has 6 nitrogen and oxygen atoms in total. The van der Waals surface area contributed by atoms with Gasteiger partial charge in [-0.05, 0) is 29.2 Å². The highest BCUT2D eigenvalue weighted by Gasteiger charge is 2.30. The second-order valence-corrected chi connectivity index (χ2v) is 7.97. The lowest BCUT2D eigenvalue weighted by Crippen LogP contribution is -2.41. The molecular weight excluding hydrogens is 292 g/mol. The molecule has 0 aliphatic carbocycles. The SMILES string of the molecule is CC(C)(C)CNC(=O)C1Cc2cc(S(N)(=O)=O)ccc2O1. The summed E-state index contributed by atoms with van der Waals surface area (Å²) in [6.45, 7) is 6.62. The number of amides is 1. The molecule has 116 valence electrons. The molecule has 1 aromatic rings. The Hall–Kier alpha value is -1.60. The van der Waals surface area contributed by atoms with Crippen LogP contribution in [-0.2, 0) is 21.2 Å². The van der Waals surface area contributed by atoms with Crippen molar-refractivity contribution < 1.29 is 17.9 Å². The van der Waals surface area contributed by atoms with E-state index in [9.17, 15) is 13.2 Å². The maximum Gasteiger partial charge on any atom is 0.261 e. The quantitative estimate of drug-likeness (QED) is 0.862. The van der Waals surface area contributed by atoms with Crippen LogP contribution in [0, 0.1) is 5.41 Å². The number of benzene rings is 1. The molecule has 0 bridgehead atoms. The summed E-state index contributed by atoms with van der Waals surface area (Å²) in [6.07, 6.45) is -0.285. The van der Waals surface area contributed by atoms with E-state index >= 15 is 0 Å². The van der Waals surface area contributed by atoms with Gasteiger partial charge in [0.1, 0.15) is 5.75 Å². The number of rotatable bonds is 3. The van der Waals surface area contributed by atoms with Crippen LogP contribution in [0.2, 0.25) is 0 Å². The molecule has 1 unspecified atom stereocenters. The van der Waals surface area contributed by atoms with Gasteiger partial charge in [0, 0.05) is 13.0 Å². The van der Waals surface area contributed by atoms with Crippen molar-refractivity contribution in [2.75, 3.05) is 6.54 Å². The van der Waals surface area contributed by atoms with Gasteiger partial charge in [-0.3, -0.25) is 4.79 Å². The number of nitrogens with two attached hydrogens (primary N) is 1. The molecule has 3 N–H and O–H groups in total. The van der Waals surface area contributed by atoms with Gasteiger partial charge in [0.25, 0.3) is 5.91 Å². The number of hydrogen-bond donors (Lipinski definition) is 2. The van der Waals surface area contributed by atoms with Crippen molar-refractivity contribution in [3.05, 3.63) is 23.8 Å². The van der Waals surface area contributed by atoms with Gasteiger partial charge >= 0.3 is 0 Å². The number of sulfonamides is 1. The molecule has 1 aliphatic rings. The van der Waals surface area contributed by atoms with E-state index < -0.39 is 16.1 Å². The lowest BCUT2D eigenvalue weighted by molar-refractivity contribution is -0.127. The minimum atomic E-state index is -3.75. The Morgan fingerprint density at radius 1 is 1.43 bits per heavy atom. The summed E-state index contributed by atoms with van der Waals surface area (Å²) in [6, 6.07) is 4.37. The maximum atomic E-state index is 12.1. The van der Waals surface area contributed by atoms with Crippen LogP contribution < -0.4 is 15.2 Å². The Bertz CT molecular complexity index is 662. The molecule has 0 fully saturated rings. The van der Waals surface area contributed by atoms with Gasteiger partial charge in [-0.15, -0.1) is 0 Å². The van der Waals surface area contributed by atoms with Gasteiger partial charge in [0.2, 0.25) is 10.0 Å². The Morgan fingerprint density at radius 2 is 2.10 bits per heavy atom. The van der Waals surface area contributed by atoms with Crippen LogP contribution in [0.15, 0.2) is 23.1 Å². The fraction of sp³-hybridized carbons (Fsp3) is 0.500. The molecule has 0 spiro atoms. The molecule has 1 aliphatic heterocycles. The summed E-state index contributed by atoms with van der Waals surface area (Å²) in [4.78, 5) is 12.1. The number of carbonyl (C=O) groups is 1. The molecule has 2 rings (SSSR count). The van der Waals surface area contributed by atoms with Crippen molar-refractivity contribution in [1.29, 1.82) is 0 Å². The molecule has 0 saturated carbocycles. The second kappa shape index (κ2) is 5.31. The average molecular weight is 312 g/mol. The topological polar surface area (TPSA) is 98.5 Å². The number of carbonyl (C=O) groups excluding carboxylic acids is 1. The van der Waals surface area contributed by atoms with E-state index in [2.05, 4.69) is 5.32 Å². The maximum absolute atomic E-state index is 12.1. The average Bonchev–Trinajstić information content (AvgIpc) is 2.76. The summed E-state index contributed by atoms with van der Waals surface area (Å²) in [5.41, 5.74) is 0.666. The third kappa shape index (κ3) is 3.95. The van der Waals surface area contributed by atoms with Gasteiger partial charge in [-0.1, -0.05) is 20.8 Å². The van der Waals surface area contributed by atoms with Crippen LogP contribution >= 0.6 is 0 Å². The third-order valence-corrected chi connectivity index (χ3v) is 4.03. The molecular formula is C14H20N2O4S. The lowest BCUT2D eigenvalue weighted by atomic mass is 9.97. The summed E-state index contributed by atoms with van der Waals surface area (Å²) < 4.78 is 28.2. The zero-order valence-electron chi connectivity index (χ0n) is 12.3. The minimum Gasteiger partial charge on any atom is -0.480 e. The zero-order chi connectivity index (χ0) is 15.8. The molecule has 1 atom stereocenters. The van der Waals surface area contributed by atoms with E-state index in [0.29, 0.717) is 24.3 Å². The Labute approximate surface area is 124 Å². The number of hydrogen-bond acceptors (Lipinski definition) is 4. The van der Waals surface area contributed by atoms with Gasteiger partial charge < -0.3 is 10.1 Å². The van der Waals surface area contributed by atoms with Crippen LogP contribution in [0.1, 0.15) is 26.3 Å². The summed E-state index contributed by atoms with van der Waals surface area (Å²) in [7, 11) is -3.75. The first-order valence-electron chi connectivity index (χ1n) is 6.66. The Kier molecular flexibility index (Phi) is 3.99. The van der Waals surface area contributed by atoms with Crippen LogP contribution in [0.25, 0.3) is 0 Å². The highest BCUT2D eigenvalue weighted by molar-refractivity contribution is 7.89. The number of nitrogens with one attached hydrogen (secondary N) is 1. The van der Waals surface area contributed by atoms with E-state index in [1.165, 1.54) is 18.2 Å². The van der Waals surface area contributed by atoms with Crippen molar-refractivity contribution in [3.63, 3.8) is 0 Å². The van der Waals surface area contributed by atoms with Crippen molar-refractivity contribution in [1.82, 2.24) is 5.32 Å². The van der Waals surface area contributed by atoms with Crippen molar-refractivity contribution in [3.8, 4) is 5.75 Å². The van der Waals surface area contributed by atoms with Gasteiger partial charge in [-0.25, -0.2) is 13.6 Å². The van der Waals surface area contributed by atoms with Crippen LogP contribution in [0.4, 0.5) is 0 Å². The number of fused-ring (bicyclic) bond motifs is 1. The Balaban J connectivity index is 2.08. The standard InChI is InChI=1S/C14H20N2O4S/c1-14(2,3)8-16-13(17)12-7-9-6-10(21(15,18)19)4-5-11(9)20-12/h4-6,12H,7-8H2,1-3H3,(H,16,17)(H2,15,18,19). The van der Waals surface area contributed by atoms with Gasteiger partial charge in [0.05, 0.1) is 4.90 Å². The molecule has 0 aromatic heterocycles. The highest BCUT2D eigenvalue weighted by atomic mass is 32.2. The van der Waals surface area contributed by atoms with E-state index in [4.69, 9.17) is 9.88 Å². The molecule has 7 heteroatoms. The minimum absolute atomic E-state index is 0.0120. The number of primary sulfonamides is 1. The van der Waals surface area contributed by atoms with Gasteiger partial charge in [0.15, 0.2) is 6.10 Å². The molecule has 0 radical (unpaired) electrons. The molecule has 1 heterocycles. The van der Waals surface area contributed by atoms with E-state index in [0.717, 1.165) is 0 Å². The van der Waals surface area contributed by atoms with E-state index in [1.54, 1.807) is 0 Å². The molecule has 0 saturated heterocycles. The van der Waals surface area contributed by atoms with Crippen LogP contribution in [-0.4, -0.2) is 27.0 Å². The largest absolute Gasteiger partial charge is 0.480 e. The highest BCUT2D eigenvalue weighted by Crippen LogP contribution is 2.30. The molecule has 1 aromatic carbocycles. The van der Waals surface area contributed by atoms with Crippen molar-refractivity contribution in [2.24, 2.45) is 10.6 Å². The molecule has 21 heavy (non-hydrogen) atoms. The third-order valence-electron chi connectivity index (χ3n) is 3.12. The monoisotopic (exact) mass is 312 g/mol.